The van der Waals surface area contributed by atoms with E-state index in [1.807, 2.05) is 0 Å². The van der Waals surface area contributed by atoms with E-state index >= 15 is 0 Å². The van der Waals surface area contributed by atoms with Crippen molar-refractivity contribution in [1.29, 1.82) is 0 Å². The molecule has 6 nitrogen and oxygen atoms in total. The van der Waals surface area contributed by atoms with Gasteiger partial charge in [-0.1, -0.05) is 22.0 Å². The van der Waals surface area contributed by atoms with E-state index in [0.717, 1.165) is 6.07 Å². The van der Waals surface area contributed by atoms with E-state index in [1.165, 1.54) is 29.0 Å². The summed E-state index contributed by atoms with van der Waals surface area (Å²) in [5.41, 5.74) is 3.66. The van der Waals surface area contributed by atoms with Gasteiger partial charge in [0.25, 0.3) is 17.4 Å². The summed E-state index contributed by atoms with van der Waals surface area (Å²) in [6, 6.07) is 8.38. The first-order valence-corrected chi connectivity index (χ1v) is 6.96. The molecule has 0 aliphatic rings. The number of hydrogen-bond acceptors (Lipinski definition) is 3. The van der Waals surface area contributed by atoms with Crippen LogP contribution in [-0.2, 0) is 11.3 Å². The van der Waals surface area contributed by atoms with E-state index in [1.54, 1.807) is 12.1 Å². The third kappa shape index (κ3) is 4.01. The van der Waals surface area contributed by atoms with Crippen LogP contribution in [0.5, 0.6) is 0 Å². The monoisotopic (exact) mass is 367 g/mol. The maximum atomic E-state index is 13.6. The Morgan fingerprint density at radius 1 is 1.18 bits per heavy atom. The van der Waals surface area contributed by atoms with Crippen LogP contribution in [0.15, 0.2) is 51.9 Å². The summed E-state index contributed by atoms with van der Waals surface area (Å²) in [7, 11) is 0. The zero-order valence-electron chi connectivity index (χ0n) is 11.2. The minimum Gasteiger partial charge on any atom is -0.306 e. The number of carbonyl (C=O) groups is 2. The second-order valence-corrected chi connectivity index (χ2v) is 5.21. The molecule has 1 aromatic heterocycles. The summed E-state index contributed by atoms with van der Waals surface area (Å²) in [4.78, 5) is 34.8. The first-order valence-electron chi connectivity index (χ1n) is 6.17. The first-order chi connectivity index (χ1) is 10.5. The lowest BCUT2D eigenvalue weighted by Gasteiger charge is -2.09. The fourth-order valence-corrected chi connectivity index (χ4v) is 1.99. The van der Waals surface area contributed by atoms with Crippen molar-refractivity contribution in [3.05, 3.63) is 68.8 Å². The van der Waals surface area contributed by atoms with Gasteiger partial charge >= 0.3 is 0 Å². The molecule has 1 heterocycles. The molecule has 2 rings (SSSR count). The Bertz CT molecular complexity index is 776. The molecule has 114 valence electrons. The van der Waals surface area contributed by atoms with Gasteiger partial charge in [0.15, 0.2) is 0 Å². The van der Waals surface area contributed by atoms with Crippen molar-refractivity contribution in [2.24, 2.45) is 0 Å². The maximum absolute atomic E-state index is 13.6. The van der Waals surface area contributed by atoms with Crippen molar-refractivity contribution in [3.8, 4) is 0 Å². The summed E-state index contributed by atoms with van der Waals surface area (Å²) >= 11 is 3.08. The first kappa shape index (κ1) is 15.9. The number of carbonyl (C=O) groups excluding carboxylic acids is 2. The van der Waals surface area contributed by atoms with E-state index in [2.05, 4.69) is 26.8 Å². The summed E-state index contributed by atoms with van der Waals surface area (Å²) in [5, 5.41) is 0. The number of rotatable bonds is 3. The zero-order valence-corrected chi connectivity index (χ0v) is 12.8. The molecule has 0 saturated heterocycles. The summed E-state index contributed by atoms with van der Waals surface area (Å²) < 4.78 is 15.2. The predicted molar refractivity (Wildman–Crippen MR) is 80.4 cm³/mol. The highest BCUT2D eigenvalue weighted by atomic mass is 79.9. The lowest BCUT2D eigenvalue weighted by atomic mass is 10.2. The average molecular weight is 368 g/mol. The van der Waals surface area contributed by atoms with Gasteiger partial charge in [-0.05, 0) is 24.3 Å². The molecule has 0 atom stereocenters. The molecule has 0 aliphatic heterocycles. The van der Waals surface area contributed by atoms with Crippen LogP contribution < -0.4 is 16.4 Å². The Morgan fingerprint density at radius 3 is 2.64 bits per heavy atom. The molecule has 8 heteroatoms. The number of hydrazine groups is 1. The quantitative estimate of drug-likeness (QED) is 0.800. The van der Waals surface area contributed by atoms with Crippen LogP contribution in [0.3, 0.4) is 0 Å². The number of nitrogens with zero attached hydrogens (tertiary/aromatic N) is 1. The molecule has 22 heavy (non-hydrogen) atoms. The number of pyridine rings is 1. The summed E-state index contributed by atoms with van der Waals surface area (Å²) in [6.45, 7) is -0.261. The second-order valence-electron chi connectivity index (χ2n) is 4.29. The van der Waals surface area contributed by atoms with Crippen LogP contribution >= 0.6 is 15.9 Å². The molecule has 0 unspecified atom stereocenters. The lowest BCUT2D eigenvalue weighted by Crippen LogP contribution is -2.44. The van der Waals surface area contributed by atoms with Gasteiger partial charge < -0.3 is 4.57 Å². The van der Waals surface area contributed by atoms with Crippen molar-refractivity contribution in [2.45, 2.75) is 6.54 Å². The number of hydrogen-bond donors (Lipinski definition) is 2. The number of benzene rings is 1. The number of amides is 2. The van der Waals surface area contributed by atoms with E-state index in [0.29, 0.717) is 4.47 Å². The normalized spacial score (nSPS) is 10.1. The minimum atomic E-state index is -0.793. The Kier molecular flexibility index (Phi) is 5.05. The van der Waals surface area contributed by atoms with Gasteiger partial charge in [0.1, 0.15) is 12.4 Å². The Labute approximate surface area is 133 Å². The van der Waals surface area contributed by atoms with Crippen molar-refractivity contribution < 1.29 is 14.0 Å². The third-order valence-electron chi connectivity index (χ3n) is 2.70. The molecule has 0 spiro atoms. The van der Waals surface area contributed by atoms with Gasteiger partial charge in [-0.25, -0.2) is 4.39 Å². The maximum Gasteiger partial charge on any atom is 0.272 e. The van der Waals surface area contributed by atoms with Crippen LogP contribution in [0.1, 0.15) is 10.4 Å². The van der Waals surface area contributed by atoms with Crippen LogP contribution in [0.2, 0.25) is 0 Å². The molecule has 0 saturated carbocycles. The van der Waals surface area contributed by atoms with Crippen molar-refractivity contribution in [2.75, 3.05) is 0 Å². The molecular weight excluding hydrogens is 357 g/mol. The SMILES string of the molecule is O=C(Cn1ccccc1=O)NNC(=O)c1ccc(Br)cc1F. The van der Waals surface area contributed by atoms with Gasteiger partial charge in [-0.3, -0.25) is 25.2 Å². The van der Waals surface area contributed by atoms with E-state index in [9.17, 15) is 18.8 Å². The topological polar surface area (TPSA) is 80.2 Å². The molecule has 0 radical (unpaired) electrons. The van der Waals surface area contributed by atoms with Crippen LogP contribution in [-0.4, -0.2) is 16.4 Å². The average Bonchev–Trinajstić information content (AvgIpc) is 2.47. The van der Waals surface area contributed by atoms with Gasteiger partial charge in [-0.15, -0.1) is 0 Å². The van der Waals surface area contributed by atoms with E-state index in [4.69, 9.17) is 0 Å². The predicted octanol–water partition coefficient (Wildman–Crippen LogP) is 1.21. The standard InChI is InChI=1S/C14H11BrFN3O3/c15-9-4-5-10(11(16)7-9)14(22)18-17-12(20)8-19-6-2-1-3-13(19)21/h1-7H,8H2,(H,17,20)(H,18,22). The Morgan fingerprint density at radius 2 is 1.95 bits per heavy atom. The minimum absolute atomic E-state index is 0.208. The van der Waals surface area contributed by atoms with Crippen LogP contribution in [0.25, 0.3) is 0 Å². The highest BCUT2D eigenvalue weighted by Gasteiger charge is 2.13. The molecule has 0 bridgehead atoms. The second kappa shape index (κ2) is 6.99. The highest BCUT2D eigenvalue weighted by molar-refractivity contribution is 9.10. The highest BCUT2D eigenvalue weighted by Crippen LogP contribution is 2.14. The van der Waals surface area contributed by atoms with Crippen molar-refractivity contribution in [1.82, 2.24) is 15.4 Å². The molecule has 0 aliphatic carbocycles. The molecule has 2 N–H and O–H groups in total. The fraction of sp³-hybridized carbons (Fsp3) is 0.0714. The van der Waals surface area contributed by atoms with Gasteiger partial charge in [0.05, 0.1) is 5.56 Å². The van der Waals surface area contributed by atoms with Crippen molar-refractivity contribution >= 4 is 27.7 Å². The molecule has 1 aromatic carbocycles. The number of halogens is 2. The van der Waals surface area contributed by atoms with Gasteiger partial charge in [0.2, 0.25) is 0 Å². The van der Waals surface area contributed by atoms with Crippen LogP contribution in [0.4, 0.5) is 4.39 Å². The smallest absolute Gasteiger partial charge is 0.272 e. The van der Waals surface area contributed by atoms with E-state index < -0.39 is 17.6 Å². The van der Waals surface area contributed by atoms with Crippen molar-refractivity contribution in [3.63, 3.8) is 0 Å². The third-order valence-corrected chi connectivity index (χ3v) is 3.20. The summed E-state index contributed by atoms with van der Waals surface area (Å²) in [5.74, 6) is -2.13. The number of nitrogens with one attached hydrogen (secondary N) is 2. The van der Waals surface area contributed by atoms with Gasteiger partial charge in [0, 0.05) is 16.7 Å². The molecular formula is C14H11BrFN3O3. The number of aromatic nitrogens is 1. The molecule has 2 amide bonds. The fourth-order valence-electron chi connectivity index (χ4n) is 1.65. The zero-order chi connectivity index (χ0) is 16.1. The summed E-state index contributed by atoms with van der Waals surface area (Å²) in [6.07, 6.45) is 1.44. The van der Waals surface area contributed by atoms with Gasteiger partial charge in [-0.2, -0.15) is 0 Å². The molecule has 0 fully saturated rings. The lowest BCUT2D eigenvalue weighted by molar-refractivity contribution is -0.122. The Balaban J connectivity index is 1.95. The van der Waals surface area contributed by atoms with E-state index in [-0.39, 0.29) is 17.7 Å². The van der Waals surface area contributed by atoms with Crippen LogP contribution in [0, 0.1) is 5.82 Å². The Hall–Kier alpha value is -2.48. The largest absolute Gasteiger partial charge is 0.306 e. The molecule has 2 aromatic rings.